The van der Waals surface area contributed by atoms with Crippen molar-refractivity contribution in [3.63, 3.8) is 0 Å². The Morgan fingerprint density at radius 3 is 2.56 bits per heavy atom. The van der Waals surface area contributed by atoms with Gasteiger partial charge in [0.1, 0.15) is 5.75 Å². The standard InChI is InChI=1S/C13H21N3O2/c1-8-7-11(5-6-15-13(17)16-14)9(2)10(3)12(8)18-4/h7H,5-6,14H2,1-4H3,(H2,15,16,17). The highest BCUT2D eigenvalue weighted by molar-refractivity contribution is 5.73. The van der Waals surface area contributed by atoms with Gasteiger partial charge in [-0.2, -0.15) is 0 Å². The molecule has 0 atom stereocenters. The topological polar surface area (TPSA) is 76.4 Å². The number of aryl methyl sites for hydroxylation is 1. The average Bonchev–Trinajstić information content (AvgIpc) is 2.35. The van der Waals surface area contributed by atoms with Crippen molar-refractivity contribution in [2.75, 3.05) is 13.7 Å². The second-order valence-corrected chi connectivity index (χ2v) is 4.29. The highest BCUT2D eigenvalue weighted by atomic mass is 16.5. The number of nitrogens with one attached hydrogen (secondary N) is 2. The number of carbonyl (C=O) groups excluding carboxylic acids is 1. The molecule has 0 aliphatic rings. The Hall–Kier alpha value is -1.75. The average molecular weight is 251 g/mol. The van der Waals surface area contributed by atoms with Crippen LogP contribution in [0, 0.1) is 20.8 Å². The zero-order valence-electron chi connectivity index (χ0n) is 11.4. The number of benzene rings is 1. The molecule has 1 aromatic carbocycles. The quantitative estimate of drug-likeness (QED) is 0.429. The molecule has 100 valence electrons. The second kappa shape index (κ2) is 6.26. The maximum atomic E-state index is 11.0. The molecular formula is C13H21N3O2. The van der Waals surface area contributed by atoms with E-state index in [2.05, 4.69) is 18.3 Å². The van der Waals surface area contributed by atoms with Crippen LogP contribution in [0.2, 0.25) is 0 Å². The molecule has 1 rings (SSSR count). The number of ether oxygens (including phenoxy) is 1. The molecule has 5 heteroatoms. The van der Waals surface area contributed by atoms with Crippen LogP contribution in [-0.4, -0.2) is 19.7 Å². The maximum absolute atomic E-state index is 11.0. The molecule has 0 spiro atoms. The highest BCUT2D eigenvalue weighted by Gasteiger charge is 2.10. The summed E-state index contributed by atoms with van der Waals surface area (Å²) in [7, 11) is 1.68. The Bertz CT molecular complexity index is 444. The Morgan fingerprint density at radius 2 is 2.00 bits per heavy atom. The van der Waals surface area contributed by atoms with E-state index in [1.165, 1.54) is 11.1 Å². The van der Waals surface area contributed by atoms with E-state index >= 15 is 0 Å². The first-order valence-corrected chi connectivity index (χ1v) is 5.89. The van der Waals surface area contributed by atoms with Crippen LogP contribution < -0.4 is 21.3 Å². The number of amides is 2. The minimum absolute atomic E-state index is 0.366. The van der Waals surface area contributed by atoms with Crippen LogP contribution in [0.3, 0.4) is 0 Å². The third kappa shape index (κ3) is 3.13. The molecule has 1 aromatic rings. The van der Waals surface area contributed by atoms with Crippen molar-refractivity contribution in [3.05, 3.63) is 28.3 Å². The normalized spacial score (nSPS) is 10.1. The van der Waals surface area contributed by atoms with Crippen LogP contribution in [0.15, 0.2) is 6.07 Å². The molecule has 4 N–H and O–H groups in total. The molecule has 0 aliphatic carbocycles. The molecule has 0 radical (unpaired) electrons. The van der Waals surface area contributed by atoms with Gasteiger partial charge in [-0.15, -0.1) is 0 Å². The smallest absolute Gasteiger partial charge is 0.328 e. The van der Waals surface area contributed by atoms with Gasteiger partial charge in [0.05, 0.1) is 7.11 Å². The van der Waals surface area contributed by atoms with E-state index in [4.69, 9.17) is 10.6 Å². The van der Waals surface area contributed by atoms with Crippen molar-refractivity contribution < 1.29 is 9.53 Å². The molecule has 0 unspecified atom stereocenters. The minimum Gasteiger partial charge on any atom is -0.496 e. The van der Waals surface area contributed by atoms with E-state index in [0.717, 1.165) is 23.3 Å². The zero-order chi connectivity index (χ0) is 13.7. The lowest BCUT2D eigenvalue weighted by Crippen LogP contribution is -2.40. The number of hydrogen-bond acceptors (Lipinski definition) is 3. The van der Waals surface area contributed by atoms with E-state index in [9.17, 15) is 4.79 Å². The van der Waals surface area contributed by atoms with Gasteiger partial charge in [-0.05, 0) is 49.4 Å². The maximum Gasteiger partial charge on any atom is 0.328 e. The molecular weight excluding hydrogens is 230 g/mol. The first-order valence-electron chi connectivity index (χ1n) is 5.89. The summed E-state index contributed by atoms with van der Waals surface area (Å²) in [4.78, 5) is 11.0. The monoisotopic (exact) mass is 251 g/mol. The summed E-state index contributed by atoms with van der Waals surface area (Å²) >= 11 is 0. The number of hydrazine groups is 1. The van der Waals surface area contributed by atoms with Gasteiger partial charge >= 0.3 is 6.03 Å². The lowest BCUT2D eigenvalue weighted by Gasteiger charge is -2.15. The summed E-state index contributed by atoms with van der Waals surface area (Å²) in [6.07, 6.45) is 0.769. The third-order valence-corrected chi connectivity index (χ3v) is 3.15. The molecule has 0 fully saturated rings. The molecule has 0 bridgehead atoms. The van der Waals surface area contributed by atoms with Crippen molar-refractivity contribution in [1.29, 1.82) is 0 Å². The van der Waals surface area contributed by atoms with Crippen LogP contribution in [0.4, 0.5) is 4.79 Å². The van der Waals surface area contributed by atoms with Gasteiger partial charge in [0.2, 0.25) is 0 Å². The van der Waals surface area contributed by atoms with Crippen molar-refractivity contribution in [2.45, 2.75) is 27.2 Å². The van der Waals surface area contributed by atoms with Crippen LogP contribution in [0.25, 0.3) is 0 Å². The lowest BCUT2D eigenvalue weighted by atomic mass is 9.96. The molecule has 5 nitrogen and oxygen atoms in total. The molecule has 0 saturated carbocycles. The van der Waals surface area contributed by atoms with E-state index < -0.39 is 0 Å². The van der Waals surface area contributed by atoms with Crippen molar-refractivity contribution >= 4 is 6.03 Å². The summed E-state index contributed by atoms with van der Waals surface area (Å²) in [6.45, 7) is 6.68. The van der Waals surface area contributed by atoms with Crippen LogP contribution in [0.5, 0.6) is 5.75 Å². The van der Waals surface area contributed by atoms with Gasteiger partial charge in [0, 0.05) is 6.54 Å². The Labute approximate surface area is 108 Å². The molecule has 18 heavy (non-hydrogen) atoms. The van der Waals surface area contributed by atoms with Gasteiger partial charge in [-0.25, -0.2) is 10.6 Å². The molecule has 2 amide bonds. The van der Waals surface area contributed by atoms with E-state index in [-0.39, 0.29) is 6.03 Å². The van der Waals surface area contributed by atoms with Crippen LogP contribution in [0.1, 0.15) is 22.3 Å². The number of nitrogens with two attached hydrogens (primary N) is 1. The fourth-order valence-electron chi connectivity index (χ4n) is 2.08. The van der Waals surface area contributed by atoms with Crippen molar-refractivity contribution in [2.24, 2.45) is 5.84 Å². The van der Waals surface area contributed by atoms with Crippen molar-refractivity contribution in [3.8, 4) is 5.75 Å². The lowest BCUT2D eigenvalue weighted by molar-refractivity contribution is 0.241. The van der Waals surface area contributed by atoms with Gasteiger partial charge in [0.15, 0.2) is 0 Å². The van der Waals surface area contributed by atoms with Crippen LogP contribution in [-0.2, 0) is 6.42 Å². The molecule has 0 saturated heterocycles. The Kier molecular flexibility index (Phi) is 4.97. The first-order chi connectivity index (χ1) is 8.51. The number of methoxy groups -OCH3 is 1. The third-order valence-electron chi connectivity index (χ3n) is 3.15. The highest BCUT2D eigenvalue weighted by Crippen LogP contribution is 2.28. The predicted molar refractivity (Wildman–Crippen MR) is 71.6 cm³/mol. The number of urea groups is 1. The van der Waals surface area contributed by atoms with E-state index in [1.54, 1.807) is 7.11 Å². The van der Waals surface area contributed by atoms with Gasteiger partial charge in [-0.1, -0.05) is 6.07 Å². The van der Waals surface area contributed by atoms with Crippen molar-refractivity contribution in [1.82, 2.24) is 10.7 Å². The Balaban J connectivity index is 2.81. The fraction of sp³-hybridized carbons (Fsp3) is 0.462. The summed E-state index contributed by atoms with van der Waals surface area (Å²) < 4.78 is 5.38. The largest absolute Gasteiger partial charge is 0.496 e. The zero-order valence-corrected chi connectivity index (χ0v) is 11.4. The van der Waals surface area contributed by atoms with Gasteiger partial charge in [-0.3, -0.25) is 5.43 Å². The Morgan fingerprint density at radius 1 is 1.33 bits per heavy atom. The van der Waals surface area contributed by atoms with Gasteiger partial charge in [0.25, 0.3) is 0 Å². The van der Waals surface area contributed by atoms with Crippen LogP contribution >= 0.6 is 0 Å². The SMILES string of the molecule is COc1c(C)cc(CCNC(=O)NN)c(C)c1C. The fourth-order valence-corrected chi connectivity index (χ4v) is 2.08. The van der Waals surface area contributed by atoms with E-state index in [0.29, 0.717) is 6.54 Å². The number of rotatable bonds is 4. The summed E-state index contributed by atoms with van der Waals surface area (Å²) in [5.41, 5.74) is 6.71. The first kappa shape index (κ1) is 14.3. The van der Waals surface area contributed by atoms with Gasteiger partial charge < -0.3 is 10.1 Å². The minimum atomic E-state index is -0.366. The predicted octanol–water partition coefficient (Wildman–Crippen LogP) is 1.34. The molecule has 0 aliphatic heterocycles. The molecule has 0 aromatic heterocycles. The molecule has 0 heterocycles. The number of carbonyl (C=O) groups is 1. The summed E-state index contributed by atoms with van der Waals surface area (Å²) in [5.74, 6) is 5.92. The number of hydrogen-bond donors (Lipinski definition) is 3. The summed E-state index contributed by atoms with van der Waals surface area (Å²) in [6, 6.07) is 1.73. The second-order valence-electron chi connectivity index (χ2n) is 4.29. The summed E-state index contributed by atoms with van der Waals surface area (Å²) in [5, 5.41) is 2.67. The van der Waals surface area contributed by atoms with E-state index in [1.807, 2.05) is 19.3 Å².